The average molecular weight is 887 g/mol. The number of aromatic nitrogens is 8. The maximum atomic E-state index is 11.1. The number of rotatable bonds is 16. The predicted octanol–water partition coefficient (Wildman–Crippen LogP) is -14.0. The zero-order valence-corrected chi connectivity index (χ0v) is 43.7. The third-order valence-corrected chi connectivity index (χ3v) is 6.95. The van der Waals surface area contributed by atoms with Crippen LogP contribution in [0.15, 0.2) is 72.8 Å². The summed E-state index contributed by atoms with van der Waals surface area (Å²) in [6, 6.07) is 17.9. The van der Waals surface area contributed by atoms with Gasteiger partial charge in [-0.3, -0.25) is 0 Å². The summed E-state index contributed by atoms with van der Waals surface area (Å²) in [6.07, 6.45) is 0. The molecule has 0 fully saturated rings. The Hall–Kier alpha value is -1.75. The van der Waals surface area contributed by atoms with E-state index in [9.17, 15) is 39.6 Å². The van der Waals surface area contributed by atoms with Crippen molar-refractivity contribution in [2.75, 3.05) is 45.0 Å². The monoisotopic (exact) mass is 886 g/mol. The van der Waals surface area contributed by atoms with Crippen molar-refractivity contribution >= 4 is 93.4 Å². The van der Waals surface area contributed by atoms with E-state index in [1.807, 2.05) is 0 Å². The molecule has 22 nitrogen and oxygen atoms in total. The normalized spacial score (nSPS) is 9.86. The van der Waals surface area contributed by atoms with Crippen molar-refractivity contribution in [2.45, 2.75) is 0 Å². The van der Waals surface area contributed by atoms with Gasteiger partial charge in [-0.05, 0) is 35.4 Å². The van der Waals surface area contributed by atoms with Crippen molar-refractivity contribution < 1.29 is 245 Å². The van der Waals surface area contributed by atoms with Gasteiger partial charge in [0.05, 0.1) is 37.0 Å². The van der Waals surface area contributed by atoms with Crippen LogP contribution in [0.1, 0.15) is 20.7 Å². The minimum Gasteiger partial charge on any atom is -0.548 e. The summed E-state index contributed by atoms with van der Waals surface area (Å²) in [7, 11) is 0. The first-order valence-electron chi connectivity index (χ1n) is 15.3. The van der Waals surface area contributed by atoms with Crippen molar-refractivity contribution in [3.63, 3.8) is 0 Å². The number of aliphatic carboxylic acids is 2. The number of carbonyl (C=O) groups excluding carboxylic acids is 4. The molecule has 0 aliphatic carbocycles. The molecule has 3 aromatic carbocycles. The molecule has 0 spiro atoms. The molecule has 26 heteroatoms. The minimum atomic E-state index is -1.42. The quantitative estimate of drug-likeness (QED) is 0.0492. The second-order valence-electron chi connectivity index (χ2n) is 10.7. The van der Waals surface area contributed by atoms with Crippen molar-refractivity contribution in [1.29, 1.82) is 0 Å². The summed E-state index contributed by atoms with van der Waals surface area (Å²) < 4.78 is 0. The van der Waals surface area contributed by atoms with Crippen LogP contribution >= 0.6 is 0 Å². The van der Waals surface area contributed by atoms with Crippen LogP contribution in [0.25, 0.3) is 10.8 Å². The summed E-state index contributed by atoms with van der Waals surface area (Å²) in [5, 5.41) is 70.7. The van der Waals surface area contributed by atoms with Gasteiger partial charge >= 0.3 is 206 Å². The third kappa shape index (κ3) is 15.3. The molecule has 0 saturated carbocycles. The molecule has 0 radical (unpaired) electrons. The number of benzene rings is 3. The Labute approximate surface area is 497 Å². The standard InChI is InChI=1S/C32H26N14O8.4K/c47-21(48)13-33-27-39-29(35-17-9-5-15(6-10-17)25(51)52)43-31(41-27)37-23-19-3-1-2-4-20(19)24(46-45-23)38-32-42-28(34-14-22(49)50)40-30(44-32)36-18-11-7-16(8-12-18)26(53)54;;;;/h1-12H,13-14H2,(H,47,48)(H,49,50)(H,51,52)(H,53,54)(H3,33,35,37,39,41,43,45)(H3,34,36,38,40,42,44,46);;;;/q;4*+1/p-4. The van der Waals surface area contributed by atoms with Gasteiger partial charge < -0.3 is 71.5 Å². The van der Waals surface area contributed by atoms with E-state index in [1.165, 1.54) is 48.5 Å². The summed E-state index contributed by atoms with van der Waals surface area (Å²) in [4.78, 5) is 69.9. The smallest absolute Gasteiger partial charge is 0.548 e. The van der Waals surface area contributed by atoms with E-state index in [4.69, 9.17) is 0 Å². The molecule has 0 saturated heterocycles. The number of hydrogen-bond acceptors (Lipinski definition) is 22. The second kappa shape index (κ2) is 25.2. The number of nitrogens with one attached hydrogen (secondary N) is 6. The Morgan fingerprint density at radius 1 is 0.431 bits per heavy atom. The molecule has 58 heavy (non-hydrogen) atoms. The zero-order chi connectivity index (χ0) is 38.2. The largest absolute Gasteiger partial charge is 1.00 e. The van der Waals surface area contributed by atoms with E-state index in [2.05, 4.69) is 72.0 Å². The molecule has 272 valence electrons. The molecule has 6 N–H and O–H groups in total. The fourth-order valence-corrected chi connectivity index (χ4v) is 4.57. The number of nitrogens with zero attached hydrogens (tertiary/aromatic N) is 8. The van der Waals surface area contributed by atoms with Crippen LogP contribution in [0.3, 0.4) is 0 Å². The van der Waals surface area contributed by atoms with Gasteiger partial charge in [-0.25, -0.2) is 0 Å². The van der Waals surface area contributed by atoms with Gasteiger partial charge in [-0.2, -0.15) is 29.9 Å². The van der Waals surface area contributed by atoms with Crippen LogP contribution < -0.4 is 258 Å². The van der Waals surface area contributed by atoms with Crippen molar-refractivity contribution in [3.8, 4) is 0 Å². The number of aromatic carboxylic acids is 2. The summed E-state index contributed by atoms with van der Waals surface area (Å²) >= 11 is 0. The minimum absolute atomic E-state index is 0. The number of hydrogen-bond donors (Lipinski definition) is 6. The maximum absolute atomic E-state index is 11.1. The molecule has 0 aliphatic rings. The first-order chi connectivity index (χ1) is 26.0. The van der Waals surface area contributed by atoms with E-state index in [-0.39, 0.29) is 264 Å². The van der Waals surface area contributed by atoms with Crippen LogP contribution in [0, 0.1) is 0 Å². The topological polar surface area (TPSA) is 336 Å². The van der Waals surface area contributed by atoms with Crippen molar-refractivity contribution in [1.82, 2.24) is 40.1 Å². The number of fused-ring (bicyclic) bond motifs is 1. The number of carbonyl (C=O) groups is 4. The van der Waals surface area contributed by atoms with Crippen LogP contribution in [0.5, 0.6) is 0 Å². The Bertz CT molecular complexity index is 2240. The zero-order valence-electron chi connectivity index (χ0n) is 31.2. The van der Waals surface area contributed by atoms with E-state index in [0.717, 1.165) is 0 Å². The Kier molecular flexibility index (Phi) is 22.8. The van der Waals surface area contributed by atoms with Gasteiger partial charge in [0.15, 0.2) is 11.6 Å². The van der Waals surface area contributed by atoms with Gasteiger partial charge in [-0.15, -0.1) is 10.2 Å². The molecule has 0 unspecified atom stereocenters. The molecule has 0 amide bonds. The van der Waals surface area contributed by atoms with E-state index in [1.54, 1.807) is 24.3 Å². The van der Waals surface area contributed by atoms with E-state index in [0.29, 0.717) is 22.1 Å². The van der Waals surface area contributed by atoms with Gasteiger partial charge in [0.25, 0.3) is 0 Å². The molecule has 3 heterocycles. The Balaban J connectivity index is 0.00000290. The van der Waals surface area contributed by atoms with Crippen LogP contribution in [-0.2, 0) is 9.59 Å². The molecule has 0 bridgehead atoms. The Morgan fingerprint density at radius 3 is 1.05 bits per heavy atom. The van der Waals surface area contributed by atoms with Gasteiger partial charge in [0.2, 0.25) is 35.7 Å². The number of carboxylic acid groups (broad SMARTS) is 4. The average Bonchev–Trinajstić information content (AvgIpc) is 3.14. The molecule has 3 aromatic heterocycles. The van der Waals surface area contributed by atoms with Gasteiger partial charge in [0, 0.05) is 22.1 Å². The number of carboxylic acids is 4. The first kappa shape index (κ1) is 52.4. The molecular formula is C32H22K4N14O8. The van der Waals surface area contributed by atoms with Crippen molar-refractivity contribution in [2.24, 2.45) is 0 Å². The fourth-order valence-electron chi connectivity index (χ4n) is 4.57. The summed E-state index contributed by atoms with van der Waals surface area (Å²) in [5.74, 6) is -5.85. The second-order valence-corrected chi connectivity index (χ2v) is 10.7. The predicted molar refractivity (Wildman–Crippen MR) is 181 cm³/mol. The van der Waals surface area contributed by atoms with Crippen molar-refractivity contribution in [3.05, 3.63) is 83.9 Å². The molecular weight excluding hydrogens is 865 g/mol. The van der Waals surface area contributed by atoms with E-state index >= 15 is 0 Å². The maximum Gasteiger partial charge on any atom is 1.00 e. The third-order valence-electron chi connectivity index (χ3n) is 6.95. The van der Waals surface area contributed by atoms with Crippen LogP contribution in [0.4, 0.5) is 58.7 Å². The SMILES string of the molecule is O=C([O-])CNc1nc(Nc2ccc(C(=O)[O-])cc2)nc(Nc2nnc(Nc3nc(NCC(=O)[O-])nc(Nc4ccc(C(=O)[O-])cc4)n3)c3ccccc23)n1.[K+].[K+].[K+].[K+]. The molecule has 6 rings (SSSR count). The van der Waals surface area contributed by atoms with E-state index < -0.39 is 37.0 Å². The molecule has 6 aromatic rings. The van der Waals surface area contributed by atoms with Crippen LogP contribution in [-0.4, -0.2) is 77.1 Å². The summed E-state index contributed by atoms with van der Waals surface area (Å²) in [5.41, 5.74) is 0.683. The van der Waals surface area contributed by atoms with Gasteiger partial charge in [0.1, 0.15) is 0 Å². The fraction of sp³-hybridized carbons (Fsp3) is 0.0625. The number of anilines is 10. The summed E-state index contributed by atoms with van der Waals surface area (Å²) in [6.45, 7) is -1.25. The molecule has 0 aliphatic heterocycles. The first-order valence-corrected chi connectivity index (χ1v) is 15.3. The van der Waals surface area contributed by atoms with Gasteiger partial charge in [-0.1, -0.05) is 48.5 Å². The Morgan fingerprint density at radius 2 is 0.741 bits per heavy atom. The molecule has 0 atom stereocenters. The van der Waals surface area contributed by atoms with Crippen LogP contribution in [0.2, 0.25) is 0 Å².